The van der Waals surface area contributed by atoms with Crippen LogP contribution in [0.25, 0.3) is 0 Å². The molecule has 0 spiro atoms. The lowest BCUT2D eigenvalue weighted by atomic mass is 10.1. The van der Waals surface area contributed by atoms with Gasteiger partial charge in [0.25, 0.3) is 0 Å². The summed E-state index contributed by atoms with van der Waals surface area (Å²) < 4.78 is 16.9. The third-order valence-electron chi connectivity index (χ3n) is 4.54. The third-order valence-corrected chi connectivity index (χ3v) is 4.54. The Kier molecular flexibility index (Phi) is 8.04. The van der Waals surface area contributed by atoms with Crippen LogP contribution in [0.2, 0.25) is 0 Å². The van der Waals surface area contributed by atoms with Crippen LogP contribution in [0, 0.1) is 0 Å². The van der Waals surface area contributed by atoms with Gasteiger partial charge in [0.2, 0.25) is 0 Å². The molecule has 0 aromatic heterocycles. The molecule has 1 saturated heterocycles. The Balaban J connectivity index is 1.95. The van der Waals surface area contributed by atoms with Crippen LogP contribution in [-0.4, -0.2) is 49.9 Å². The maximum Gasteiger partial charge on any atom is 0.317 e. The first-order valence-electron chi connectivity index (χ1n) is 9.65. The van der Waals surface area contributed by atoms with Gasteiger partial charge in [-0.15, -0.1) is 0 Å². The molecule has 0 saturated carbocycles. The maximum atomic E-state index is 12.5. The molecule has 0 radical (unpaired) electrons. The number of carbonyl (C=O) groups is 1. The SMILES string of the molecule is CCOc1ccc([C@@H](C)NC(=O)N2CCC(OCC)CC2)cc1OCC. The van der Waals surface area contributed by atoms with E-state index in [2.05, 4.69) is 5.32 Å². The van der Waals surface area contributed by atoms with Crippen LogP contribution in [0.1, 0.15) is 52.1 Å². The number of amides is 2. The fraction of sp³-hybridized carbons (Fsp3) is 0.650. The minimum absolute atomic E-state index is 0.0284. The van der Waals surface area contributed by atoms with Crippen LogP contribution in [0.15, 0.2) is 18.2 Å². The smallest absolute Gasteiger partial charge is 0.317 e. The fourth-order valence-corrected chi connectivity index (χ4v) is 3.16. The maximum absolute atomic E-state index is 12.5. The molecule has 6 heteroatoms. The van der Waals surface area contributed by atoms with Gasteiger partial charge >= 0.3 is 6.03 Å². The largest absolute Gasteiger partial charge is 0.490 e. The Morgan fingerprint density at radius 2 is 1.77 bits per heavy atom. The van der Waals surface area contributed by atoms with Crippen molar-refractivity contribution >= 4 is 6.03 Å². The predicted molar refractivity (Wildman–Crippen MR) is 102 cm³/mol. The van der Waals surface area contributed by atoms with E-state index < -0.39 is 0 Å². The summed E-state index contributed by atoms with van der Waals surface area (Å²) in [6, 6.07) is 5.68. The number of piperidine rings is 1. The molecule has 1 heterocycles. The summed E-state index contributed by atoms with van der Waals surface area (Å²) in [4.78, 5) is 14.4. The molecule has 1 fully saturated rings. The second kappa shape index (κ2) is 10.3. The zero-order valence-electron chi connectivity index (χ0n) is 16.4. The van der Waals surface area contributed by atoms with Crippen molar-refractivity contribution in [3.63, 3.8) is 0 Å². The molecular formula is C20H32N2O4. The van der Waals surface area contributed by atoms with E-state index >= 15 is 0 Å². The number of rotatable bonds is 8. The number of benzene rings is 1. The molecular weight excluding hydrogens is 332 g/mol. The van der Waals surface area contributed by atoms with Gasteiger partial charge < -0.3 is 24.4 Å². The normalized spacial score (nSPS) is 16.2. The van der Waals surface area contributed by atoms with E-state index in [4.69, 9.17) is 14.2 Å². The van der Waals surface area contributed by atoms with Crippen molar-refractivity contribution in [2.45, 2.75) is 52.7 Å². The average molecular weight is 364 g/mol. The monoisotopic (exact) mass is 364 g/mol. The van der Waals surface area contributed by atoms with E-state index in [0.717, 1.165) is 43.9 Å². The van der Waals surface area contributed by atoms with Gasteiger partial charge in [-0.3, -0.25) is 0 Å². The fourth-order valence-electron chi connectivity index (χ4n) is 3.16. The first kappa shape index (κ1) is 20.4. The molecule has 6 nitrogen and oxygen atoms in total. The number of likely N-dealkylation sites (tertiary alicyclic amines) is 1. The Bertz CT molecular complexity index is 571. The van der Waals surface area contributed by atoms with Gasteiger partial charge in [0, 0.05) is 19.7 Å². The van der Waals surface area contributed by atoms with Crippen molar-refractivity contribution in [1.29, 1.82) is 0 Å². The molecule has 2 amide bonds. The molecule has 1 N–H and O–H groups in total. The van der Waals surface area contributed by atoms with Crippen molar-refractivity contribution in [3.8, 4) is 11.5 Å². The Hall–Kier alpha value is -1.95. The van der Waals surface area contributed by atoms with Gasteiger partial charge in [-0.2, -0.15) is 0 Å². The second-order valence-electron chi connectivity index (χ2n) is 6.39. The minimum Gasteiger partial charge on any atom is -0.490 e. The molecule has 1 aromatic rings. The zero-order valence-corrected chi connectivity index (χ0v) is 16.4. The van der Waals surface area contributed by atoms with E-state index in [1.54, 1.807) is 0 Å². The molecule has 1 aromatic carbocycles. The zero-order chi connectivity index (χ0) is 18.9. The molecule has 146 valence electrons. The minimum atomic E-state index is -0.109. The molecule has 1 aliphatic heterocycles. The molecule has 2 rings (SSSR count). The average Bonchev–Trinajstić information content (AvgIpc) is 2.64. The number of hydrogen-bond donors (Lipinski definition) is 1. The molecule has 1 atom stereocenters. The highest BCUT2D eigenvalue weighted by atomic mass is 16.5. The molecule has 0 aliphatic carbocycles. The topological polar surface area (TPSA) is 60.0 Å². The van der Waals surface area contributed by atoms with Crippen molar-refractivity contribution in [1.82, 2.24) is 10.2 Å². The van der Waals surface area contributed by atoms with Gasteiger partial charge in [0.1, 0.15) is 0 Å². The standard InChI is InChI=1S/C20H32N2O4/c1-5-24-17-10-12-22(13-11-17)20(23)21-15(4)16-8-9-18(25-6-2)19(14-16)26-7-3/h8-9,14-15,17H,5-7,10-13H2,1-4H3,(H,21,23)/t15-/m1/s1. The van der Waals surface area contributed by atoms with Gasteiger partial charge in [-0.25, -0.2) is 4.79 Å². The molecule has 1 aliphatic rings. The van der Waals surface area contributed by atoms with Gasteiger partial charge in [0.05, 0.1) is 25.4 Å². The van der Waals surface area contributed by atoms with Gasteiger partial charge in [-0.05, 0) is 58.2 Å². The second-order valence-corrected chi connectivity index (χ2v) is 6.39. The molecule has 26 heavy (non-hydrogen) atoms. The van der Waals surface area contributed by atoms with Crippen LogP contribution in [0.5, 0.6) is 11.5 Å². The van der Waals surface area contributed by atoms with E-state index in [9.17, 15) is 4.79 Å². The predicted octanol–water partition coefficient (Wildman–Crippen LogP) is 3.76. The van der Waals surface area contributed by atoms with Crippen molar-refractivity contribution in [2.75, 3.05) is 32.9 Å². The van der Waals surface area contributed by atoms with E-state index in [1.807, 2.05) is 50.8 Å². The van der Waals surface area contributed by atoms with E-state index in [1.165, 1.54) is 0 Å². The number of carbonyl (C=O) groups excluding carboxylic acids is 1. The van der Waals surface area contributed by atoms with Crippen LogP contribution in [0.3, 0.4) is 0 Å². The number of nitrogens with one attached hydrogen (secondary N) is 1. The molecule has 0 unspecified atom stereocenters. The summed E-state index contributed by atoms with van der Waals surface area (Å²) in [6.45, 7) is 11.2. The van der Waals surface area contributed by atoms with Gasteiger partial charge in [0.15, 0.2) is 11.5 Å². The van der Waals surface area contributed by atoms with Crippen molar-refractivity contribution in [2.24, 2.45) is 0 Å². The Morgan fingerprint density at radius 1 is 1.12 bits per heavy atom. The number of nitrogens with zero attached hydrogens (tertiary/aromatic N) is 1. The Morgan fingerprint density at radius 3 is 2.38 bits per heavy atom. The number of hydrogen-bond acceptors (Lipinski definition) is 4. The first-order chi connectivity index (χ1) is 12.6. The summed E-state index contributed by atoms with van der Waals surface area (Å²) >= 11 is 0. The highest BCUT2D eigenvalue weighted by Crippen LogP contribution is 2.30. The Labute approximate surface area is 156 Å². The first-order valence-corrected chi connectivity index (χ1v) is 9.65. The quantitative estimate of drug-likeness (QED) is 0.763. The lowest BCUT2D eigenvalue weighted by molar-refractivity contribution is 0.0218. The lowest BCUT2D eigenvalue weighted by Crippen LogP contribution is -2.46. The summed E-state index contributed by atoms with van der Waals surface area (Å²) in [5.41, 5.74) is 0.995. The lowest BCUT2D eigenvalue weighted by Gasteiger charge is -2.32. The summed E-state index contributed by atoms with van der Waals surface area (Å²) in [6.07, 6.45) is 2.07. The summed E-state index contributed by atoms with van der Waals surface area (Å²) in [5, 5.41) is 3.08. The van der Waals surface area contributed by atoms with Crippen molar-refractivity contribution < 1.29 is 19.0 Å². The highest BCUT2D eigenvalue weighted by Gasteiger charge is 2.24. The van der Waals surface area contributed by atoms with Crippen LogP contribution < -0.4 is 14.8 Å². The molecule has 0 bridgehead atoms. The van der Waals surface area contributed by atoms with Crippen LogP contribution in [0.4, 0.5) is 4.79 Å². The van der Waals surface area contributed by atoms with Crippen LogP contribution in [-0.2, 0) is 4.74 Å². The summed E-state index contributed by atoms with van der Waals surface area (Å²) in [7, 11) is 0. The third kappa shape index (κ3) is 5.53. The number of ether oxygens (including phenoxy) is 3. The number of urea groups is 1. The van der Waals surface area contributed by atoms with Crippen LogP contribution >= 0.6 is 0 Å². The summed E-state index contributed by atoms with van der Waals surface area (Å²) in [5.74, 6) is 1.44. The van der Waals surface area contributed by atoms with Crippen molar-refractivity contribution in [3.05, 3.63) is 23.8 Å². The highest BCUT2D eigenvalue weighted by molar-refractivity contribution is 5.74. The van der Waals surface area contributed by atoms with Gasteiger partial charge in [-0.1, -0.05) is 6.07 Å². The van der Waals surface area contributed by atoms with E-state index in [-0.39, 0.29) is 18.2 Å². The van der Waals surface area contributed by atoms with E-state index in [0.29, 0.717) is 19.0 Å².